The Morgan fingerprint density at radius 3 is 2.29 bits per heavy atom. The van der Waals surface area contributed by atoms with Crippen molar-refractivity contribution in [3.8, 4) is 0 Å². The van der Waals surface area contributed by atoms with Crippen LogP contribution in [-0.2, 0) is 4.79 Å². The lowest BCUT2D eigenvalue weighted by Gasteiger charge is -2.18. The molecule has 1 atom stereocenters. The van der Waals surface area contributed by atoms with Gasteiger partial charge in [0.15, 0.2) is 0 Å². The lowest BCUT2D eigenvalue weighted by molar-refractivity contribution is -0.115. The maximum atomic E-state index is 13.3. The molecule has 0 saturated carbocycles. The van der Waals surface area contributed by atoms with Gasteiger partial charge in [0.25, 0.3) is 5.91 Å². The molecule has 6 heteroatoms. The van der Waals surface area contributed by atoms with Crippen molar-refractivity contribution in [2.45, 2.75) is 17.1 Å². The molecule has 0 aliphatic heterocycles. The number of anilines is 2. The zero-order valence-electron chi connectivity index (χ0n) is 18.5. The zero-order valence-corrected chi connectivity index (χ0v) is 20.9. The Morgan fingerprint density at radius 2 is 1.53 bits per heavy atom. The van der Waals surface area contributed by atoms with Gasteiger partial charge >= 0.3 is 0 Å². The number of halogens is 1. The molecule has 0 saturated heterocycles. The molecule has 0 radical (unpaired) electrons. The van der Waals surface area contributed by atoms with E-state index in [4.69, 9.17) is 0 Å². The summed E-state index contributed by atoms with van der Waals surface area (Å²) < 4.78 is 0.820. The highest BCUT2D eigenvalue weighted by atomic mass is 79.9. The van der Waals surface area contributed by atoms with Crippen LogP contribution in [0.3, 0.4) is 0 Å². The Balaban J connectivity index is 1.55. The van der Waals surface area contributed by atoms with Crippen molar-refractivity contribution in [2.75, 3.05) is 10.6 Å². The summed E-state index contributed by atoms with van der Waals surface area (Å²) in [4.78, 5) is 26.9. The van der Waals surface area contributed by atoms with Gasteiger partial charge in [-0.2, -0.15) is 0 Å². The van der Waals surface area contributed by atoms with Crippen LogP contribution in [0.1, 0.15) is 26.7 Å². The summed E-state index contributed by atoms with van der Waals surface area (Å²) in [6.45, 7) is 1.96. The summed E-state index contributed by atoms with van der Waals surface area (Å²) in [6, 6.07) is 32.2. The first kappa shape index (κ1) is 23.8. The van der Waals surface area contributed by atoms with Crippen LogP contribution in [0.2, 0.25) is 0 Å². The Hall–Kier alpha value is -3.35. The fraction of sp³-hybridized carbons (Fsp3) is 0.0714. The highest BCUT2D eigenvalue weighted by Crippen LogP contribution is 2.37. The van der Waals surface area contributed by atoms with E-state index in [9.17, 15) is 9.59 Å². The molecule has 0 spiro atoms. The number of carbonyl (C=O) groups is 2. The average molecular weight is 531 g/mol. The lowest BCUT2D eigenvalue weighted by atomic mass is 10.1. The molecule has 0 aromatic heterocycles. The molecule has 0 fully saturated rings. The molecule has 170 valence electrons. The second-order valence-electron chi connectivity index (χ2n) is 7.73. The van der Waals surface area contributed by atoms with Crippen LogP contribution in [0.4, 0.5) is 11.4 Å². The van der Waals surface area contributed by atoms with Crippen LogP contribution >= 0.6 is 27.7 Å². The third-order valence-corrected chi connectivity index (χ3v) is 7.04. The van der Waals surface area contributed by atoms with Crippen molar-refractivity contribution in [2.24, 2.45) is 0 Å². The van der Waals surface area contributed by atoms with Gasteiger partial charge in [-0.15, -0.1) is 11.8 Å². The van der Waals surface area contributed by atoms with E-state index in [1.807, 2.05) is 104 Å². The predicted octanol–water partition coefficient (Wildman–Crippen LogP) is 7.48. The van der Waals surface area contributed by atoms with E-state index in [1.54, 1.807) is 6.07 Å². The van der Waals surface area contributed by atoms with Crippen LogP contribution in [0.15, 0.2) is 112 Å². The Bertz CT molecular complexity index is 1310. The van der Waals surface area contributed by atoms with Crippen LogP contribution < -0.4 is 10.6 Å². The van der Waals surface area contributed by atoms with Crippen molar-refractivity contribution in [3.05, 3.63) is 124 Å². The van der Waals surface area contributed by atoms with Crippen molar-refractivity contribution in [1.29, 1.82) is 0 Å². The number of amides is 2. The molecule has 2 N–H and O–H groups in total. The average Bonchev–Trinajstić information content (AvgIpc) is 2.84. The van der Waals surface area contributed by atoms with E-state index >= 15 is 0 Å². The van der Waals surface area contributed by atoms with Crippen molar-refractivity contribution >= 4 is 50.9 Å². The van der Waals surface area contributed by atoms with Crippen LogP contribution in [0.5, 0.6) is 0 Å². The summed E-state index contributed by atoms with van der Waals surface area (Å²) in [5, 5.41) is 5.51. The molecule has 34 heavy (non-hydrogen) atoms. The number of carbonyl (C=O) groups excluding carboxylic acids is 2. The maximum Gasteiger partial charge on any atom is 0.255 e. The van der Waals surface area contributed by atoms with E-state index in [2.05, 4.69) is 26.6 Å². The van der Waals surface area contributed by atoms with Gasteiger partial charge in [0.1, 0.15) is 5.25 Å². The predicted molar refractivity (Wildman–Crippen MR) is 143 cm³/mol. The van der Waals surface area contributed by atoms with E-state index in [0.29, 0.717) is 16.9 Å². The quantitative estimate of drug-likeness (QED) is 0.243. The van der Waals surface area contributed by atoms with Crippen LogP contribution in [-0.4, -0.2) is 11.8 Å². The minimum atomic E-state index is -0.476. The Labute approximate surface area is 211 Å². The number of hydrogen-bond donors (Lipinski definition) is 2. The normalized spacial score (nSPS) is 11.5. The minimum absolute atomic E-state index is 0.128. The molecule has 4 nitrogen and oxygen atoms in total. The van der Waals surface area contributed by atoms with Gasteiger partial charge in [-0.05, 0) is 70.9 Å². The number of aryl methyl sites for hydroxylation is 1. The second kappa shape index (κ2) is 11.2. The molecule has 4 aromatic rings. The molecule has 4 rings (SSSR count). The molecular formula is C28H23BrN2O2S. The summed E-state index contributed by atoms with van der Waals surface area (Å²) >= 11 is 4.93. The van der Waals surface area contributed by atoms with Crippen molar-refractivity contribution < 1.29 is 9.59 Å². The molecule has 0 aliphatic rings. The smallest absolute Gasteiger partial charge is 0.255 e. The van der Waals surface area contributed by atoms with Gasteiger partial charge in [-0.3, -0.25) is 9.59 Å². The first-order chi connectivity index (χ1) is 16.5. The van der Waals surface area contributed by atoms with E-state index < -0.39 is 5.25 Å². The Morgan fingerprint density at radius 1 is 0.794 bits per heavy atom. The van der Waals surface area contributed by atoms with Gasteiger partial charge in [0.2, 0.25) is 5.91 Å². The lowest BCUT2D eigenvalue weighted by Crippen LogP contribution is -2.19. The standard InChI is InChI=1S/C28H23BrN2O2S/c1-19-9-7-12-21(17-19)27(32)30-22-13-8-14-23(18-22)34-26(20-10-3-2-4-11-20)28(33)31-25-16-6-5-15-24(25)29/h2-18,26H,1H3,(H,30,32)(H,31,33). The van der Waals surface area contributed by atoms with Gasteiger partial charge in [-0.1, -0.05) is 66.2 Å². The molecule has 4 aromatic carbocycles. The first-order valence-electron chi connectivity index (χ1n) is 10.7. The SMILES string of the molecule is Cc1cccc(C(=O)Nc2cccc(SC(C(=O)Nc3ccccc3Br)c3ccccc3)c2)c1. The van der Waals surface area contributed by atoms with E-state index in [-0.39, 0.29) is 11.8 Å². The fourth-order valence-electron chi connectivity index (χ4n) is 3.43. The van der Waals surface area contributed by atoms with Crippen LogP contribution in [0, 0.1) is 6.92 Å². The van der Waals surface area contributed by atoms with Crippen LogP contribution in [0.25, 0.3) is 0 Å². The number of para-hydroxylation sites is 1. The van der Waals surface area contributed by atoms with Gasteiger partial charge in [0, 0.05) is 20.6 Å². The monoisotopic (exact) mass is 530 g/mol. The second-order valence-corrected chi connectivity index (χ2v) is 9.76. The first-order valence-corrected chi connectivity index (χ1v) is 12.4. The minimum Gasteiger partial charge on any atom is -0.324 e. The highest BCUT2D eigenvalue weighted by molar-refractivity contribution is 9.10. The van der Waals surface area contributed by atoms with Crippen molar-refractivity contribution in [3.63, 3.8) is 0 Å². The zero-order chi connectivity index (χ0) is 23.9. The van der Waals surface area contributed by atoms with Gasteiger partial charge in [-0.25, -0.2) is 0 Å². The number of rotatable bonds is 7. The number of benzene rings is 4. The highest BCUT2D eigenvalue weighted by Gasteiger charge is 2.23. The van der Waals surface area contributed by atoms with E-state index in [1.165, 1.54) is 11.8 Å². The molecule has 0 heterocycles. The van der Waals surface area contributed by atoms with Gasteiger partial charge in [0.05, 0.1) is 5.69 Å². The summed E-state index contributed by atoms with van der Waals surface area (Å²) in [5.41, 5.74) is 3.92. The molecule has 2 amide bonds. The number of hydrogen-bond acceptors (Lipinski definition) is 3. The summed E-state index contributed by atoms with van der Waals surface area (Å²) in [7, 11) is 0. The molecule has 0 aliphatic carbocycles. The summed E-state index contributed by atoms with van der Waals surface area (Å²) in [6.07, 6.45) is 0. The molecule has 1 unspecified atom stereocenters. The third-order valence-electron chi connectivity index (χ3n) is 5.10. The maximum absolute atomic E-state index is 13.3. The largest absolute Gasteiger partial charge is 0.324 e. The summed E-state index contributed by atoms with van der Waals surface area (Å²) in [5.74, 6) is -0.297. The van der Waals surface area contributed by atoms with Gasteiger partial charge < -0.3 is 10.6 Å². The Kier molecular flexibility index (Phi) is 7.83. The van der Waals surface area contributed by atoms with Crippen molar-refractivity contribution in [1.82, 2.24) is 0 Å². The fourth-order valence-corrected chi connectivity index (χ4v) is 4.90. The third kappa shape index (κ3) is 6.16. The number of nitrogens with one attached hydrogen (secondary N) is 2. The number of thioether (sulfide) groups is 1. The molecule has 0 bridgehead atoms. The topological polar surface area (TPSA) is 58.2 Å². The molecular weight excluding hydrogens is 508 g/mol. The van der Waals surface area contributed by atoms with E-state index in [0.717, 1.165) is 20.5 Å².